The molecule has 1 unspecified atom stereocenters. The number of amides is 2. The van der Waals surface area contributed by atoms with E-state index in [1.54, 1.807) is 50.3 Å². The number of aliphatic hydroxyl groups is 1. The van der Waals surface area contributed by atoms with Gasteiger partial charge in [0.2, 0.25) is 5.91 Å². The van der Waals surface area contributed by atoms with Crippen LogP contribution in [-0.4, -0.2) is 48.4 Å². The molecule has 0 aliphatic rings. The number of aliphatic imine (C=N–C) groups is 1. The van der Waals surface area contributed by atoms with Gasteiger partial charge in [0.1, 0.15) is 5.82 Å². The van der Waals surface area contributed by atoms with Crippen molar-refractivity contribution in [3.8, 4) is 0 Å². The quantitative estimate of drug-likeness (QED) is 0.124. The van der Waals surface area contributed by atoms with Crippen LogP contribution in [0.25, 0.3) is 0 Å². The predicted molar refractivity (Wildman–Crippen MR) is 177 cm³/mol. The summed E-state index contributed by atoms with van der Waals surface area (Å²) in [7, 11) is 0. The number of hydrogen-bond acceptors (Lipinski definition) is 7. The van der Waals surface area contributed by atoms with Gasteiger partial charge in [-0.05, 0) is 80.9 Å². The van der Waals surface area contributed by atoms with E-state index in [0.717, 1.165) is 28.7 Å². The van der Waals surface area contributed by atoms with Crippen LogP contribution in [0.2, 0.25) is 0 Å². The minimum Gasteiger partial charge on any atom is -0.848 e. The van der Waals surface area contributed by atoms with Gasteiger partial charge in [0.25, 0.3) is 5.91 Å². The first-order chi connectivity index (χ1) is 21.5. The minimum atomic E-state index is -0.895. The molecule has 3 rings (SSSR count). The molecule has 4 atom stereocenters. The molecule has 0 aliphatic carbocycles. The van der Waals surface area contributed by atoms with Crippen molar-refractivity contribution >= 4 is 18.5 Å². The molecule has 238 valence electrons. The van der Waals surface area contributed by atoms with Crippen molar-refractivity contribution in [3.05, 3.63) is 130 Å². The van der Waals surface area contributed by atoms with Crippen LogP contribution in [0.3, 0.4) is 0 Å². The number of carbonyl (C=O) groups excluding carboxylic acids is 2. The van der Waals surface area contributed by atoms with Gasteiger partial charge >= 0.3 is 0 Å². The van der Waals surface area contributed by atoms with E-state index >= 15 is 0 Å². The maximum Gasteiger partial charge on any atom is 0.251 e. The Morgan fingerprint density at radius 3 is 2.22 bits per heavy atom. The van der Waals surface area contributed by atoms with Crippen molar-refractivity contribution in [1.82, 2.24) is 16.0 Å². The standard InChI is InChI=1S/C36H44N5O4/c1-24(10-19-33(37)38-4)32(42)23-39-25(2)20-27-11-13-28(14-12-27)21-34(43)40-22-29-15-17-31(18-16-29)36(45)41-26(3)35(44)30-8-6-5-7-9-30/h5-19,25-26,32,35,39,44H,4,20-23,37H2,1-3H3,(H,40,43)(H,41,45)/q-1/b24-10+,33-19-/t25?,26-,32-,35-/m0/s1. The van der Waals surface area contributed by atoms with E-state index in [2.05, 4.69) is 27.7 Å². The molecule has 0 bridgehead atoms. The van der Waals surface area contributed by atoms with Crippen molar-refractivity contribution in [2.45, 2.75) is 64.4 Å². The number of nitrogens with one attached hydrogen (secondary N) is 3. The van der Waals surface area contributed by atoms with Crippen LogP contribution < -0.4 is 26.8 Å². The molecule has 0 aliphatic heterocycles. The van der Waals surface area contributed by atoms with E-state index < -0.39 is 18.2 Å². The molecule has 6 N–H and O–H groups in total. The Morgan fingerprint density at radius 1 is 0.956 bits per heavy atom. The number of allylic oxidation sites excluding steroid dienone is 2. The Labute approximate surface area is 266 Å². The molecule has 0 saturated carbocycles. The van der Waals surface area contributed by atoms with E-state index in [1.807, 2.05) is 61.5 Å². The summed E-state index contributed by atoms with van der Waals surface area (Å²) in [6.45, 7) is 9.55. The van der Waals surface area contributed by atoms with Crippen LogP contribution in [0.4, 0.5) is 0 Å². The van der Waals surface area contributed by atoms with Crippen LogP contribution >= 0.6 is 0 Å². The highest BCUT2D eigenvalue weighted by Crippen LogP contribution is 2.17. The van der Waals surface area contributed by atoms with Gasteiger partial charge in [0.15, 0.2) is 0 Å². The second-order valence-electron chi connectivity index (χ2n) is 11.2. The van der Waals surface area contributed by atoms with Gasteiger partial charge in [0, 0.05) is 18.2 Å². The number of carbonyl (C=O) groups is 2. The van der Waals surface area contributed by atoms with Gasteiger partial charge < -0.3 is 31.9 Å². The van der Waals surface area contributed by atoms with Crippen LogP contribution in [0.5, 0.6) is 0 Å². The fraction of sp³-hybridized carbons (Fsp3) is 0.306. The molecule has 0 fully saturated rings. The summed E-state index contributed by atoms with van der Waals surface area (Å²) in [6.07, 6.45) is 2.53. The lowest BCUT2D eigenvalue weighted by Crippen LogP contribution is -2.42. The Kier molecular flexibility index (Phi) is 13.7. The van der Waals surface area contributed by atoms with Crippen LogP contribution in [0.1, 0.15) is 59.5 Å². The average molecular weight is 611 g/mol. The zero-order chi connectivity index (χ0) is 32.8. The number of aliphatic hydroxyl groups excluding tert-OH is 1. The zero-order valence-corrected chi connectivity index (χ0v) is 26.2. The van der Waals surface area contributed by atoms with Crippen molar-refractivity contribution in [2.24, 2.45) is 10.7 Å². The minimum absolute atomic E-state index is 0.0978. The zero-order valence-electron chi connectivity index (χ0n) is 26.2. The Bertz CT molecular complexity index is 1450. The van der Waals surface area contributed by atoms with Crippen molar-refractivity contribution in [2.75, 3.05) is 6.54 Å². The fourth-order valence-corrected chi connectivity index (χ4v) is 4.60. The largest absolute Gasteiger partial charge is 0.848 e. The number of benzene rings is 3. The molecule has 9 nitrogen and oxygen atoms in total. The number of nitrogens with zero attached hydrogens (tertiary/aromatic N) is 1. The summed E-state index contributed by atoms with van der Waals surface area (Å²) in [6, 6.07) is 23.7. The maximum absolute atomic E-state index is 12.7. The summed E-state index contributed by atoms with van der Waals surface area (Å²) in [5.74, 6) is -0.113. The SMILES string of the molecule is C=N/C(N)=C\C=C(/C)[C@@H]([O-])CNC(C)Cc1ccc(CC(=O)NCc2ccc(C(=O)N[C@@H](C)[C@H](O)c3ccccc3)cc2)cc1. The van der Waals surface area contributed by atoms with E-state index in [9.17, 15) is 19.8 Å². The van der Waals surface area contributed by atoms with Crippen LogP contribution in [-0.2, 0) is 24.2 Å². The third-order valence-corrected chi connectivity index (χ3v) is 7.47. The highest BCUT2D eigenvalue weighted by Gasteiger charge is 2.19. The number of hydrogen-bond donors (Lipinski definition) is 5. The molecular formula is C36H44N5O4-. The first-order valence-electron chi connectivity index (χ1n) is 15.0. The van der Waals surface area contributed by atoms with Gasteiger partial charge in [-0.2, -0.15) is 0 Å². The van der Waals surface area contributed by atoms with Crippen molar-refractivity contribution in [3.63, 3.8) is 0 Å². The molecule has 0 aromatic heterocycles. The molecule has 0 saturated heterocycles. The summed E-state index contributed by atoms with van der Waals surface area (Å²) < 4.78 is 0. The maximum atomic E-state index is 12.7. The predicted octanol–water partition coefficient (Wildman–Crippen LogP) is 3.09. The lowest BCUT2D eigenvalue weighted by atomic mass is 10.0. The van der Waals surface area contributed by atoms with Gasteiger partial charge in [-0.15, -0.1) is 0 Å². The lowest BCUT2D eigenvalue weighted by Gasteiger charge is -2.26. The van der Waals surface area contributed by atoms with Crippen molar-refractivity contribution in [1.29, 1.82) is 0 Å². The summed E-state index contributed by atoms with van der Waals surface area (Å²) in [5, 5.41) is 32.0. The molecule has 9 heteroatoms. The van der Waals surface area contributed by atoms with E-state index in [-0.39, 0.29) is 30.1 Å². The number of nitrogens with two attached hydrogens (primary N) is 1. The van der Waals surface area contributed by atoms with Gasteiger partial charge in [-0.25, -0.2) is 4.99 Å². The lowest BCUT2D eigenvalue weighted by molar-refractivity contribution is -0.404. The van der Waals surface area contributed by atoms with Crippen LogP contribution in [0.15, 0.2) is 107 Å². The van der Waals surface area contributed by atoms with E-state index in [1.165, 1.54) is 0 Å². The number of rotatable bonds is 16. The Balaban J connectivity index is 1.40. The third kappa shape index (κ3) is 11.8. The Hall–Kier alpha value is -4.57. The summed E-state index contributed by atoms with van der Waals surface area (Å²) in [5.41, 5.74) is 10.3. The molecule has 0 radical (unpaired) electrons. The van der Waals surface area contributed by atoms with Gasteiger partial charge in [-0.3, -0.25) is 9.59 Å². The summed E-state index contributed by atoms with van der Waals surface area (Å²) in [4.78, 5) is 28.8. The molecule has 0 spiro atoms. The van der Waals surface area contributed by atoms with Gasteiger partial charge in [0.05, 0.1) is 18.6 Å². The molecular weight excluding hydrogens is 566 g/mol. The highest BCUT2D eigenvalue weighted by molar-refractivity contribution is 5.94. The highest BCUT2D eigenvalue weighted by atomic mass is 16.3. The molecule has 3 aromatic carbocycles. The smallest absolute Gasteiger partial charge is 0.251 e. The van der Waals surface area contributed by atoms with E-state index in [4.69, 9.17) is 5.73 Å². The second-order valence-corrected chi connectivity index (χ2v) is 11.2. The normalized spacial score (nSPS) is 14.6. The van der Waals surface area contributed by atoms with Crippen molar-refractivity contribution < 1.29 is 19.8 Å². The van der Waals surface area contributed by atoms with E-state index in [0.29, 0.717) is 24.2 Å². The molecule has 0 heterocycles. The first-order valence-corrected chi connectivity index (χ1v) is 15.0. The third-order valence-electron chi connectivity index (χ3n) is 7.47. The molecule has 3 aromatic rings. The second kappa shape index (κ2) is 17.7. The van der Waals surface area contributed by atoms with Gasteiger partial charge in [-0.1, -0.05) is 84.5 Å². The topological polar surface area (TPSA) is 152 Å². The first kappa shape index (κ1) is 34.9. The molecule has 45 heavy (non-hydrogen) atoms. The molecule has 2 amide bonds. The monoisotopic (exact) mass is 610 g/mol. The average Bonchev–Trinajstić information content (AvgIpc) is 3.06. The summed E-state index contributed by atoms with van der Waals surface area (Å²) >= 11 is 0. The Morgan fingerprint density at radius 2 is 1.58 bits per heavy atom. The van der Waals surface area contributed by atoms with Crippen LogP contribution in [0, 0.1) is 0 Å². The fourth-order valence-electron chi connectivity index (χ4n) is 4.60.